The van der Waals surface area contributed by atoms with Crippen molar-refractivity contribution in [2.24, 2.45) is 0 Å². The molecule has 0 aliphatic carbocycles. The first-order chi connectivity index (χ1) is 8.97. The third-order valence-corrected chi connectivity index (χ3v) is 2.78. The van der Waals surface area contributed by atoms with Gasteiger partial charge in [-0.25, -0.2) is 4.68 Å². The van der Waals surface area contributed by atoms with Crippen LogP contribution in [0.4, 0.5) is 11.5 Å². The molecule has 1 rings (SSSR count). The molecule has 0 spiro atoms. The van der Waals surface area contributed by atoms with Crippen LogP contribution in [0.5, 0.6) is 0 Å². The van der Waals surface area contributed by atoms with Gasteiger partial charge in [0.1, 0.15) is 5.82 Å². The molecule has 0 aliphatic heterocycles. The average Bonchev–Trinajstić information content (AvgIpc) is 2.63. The van der Waals surface area contributed by atoms with Crippen molar-refractivity contribution in [3.8, 4) is 0 Å². The molecule has 0 bridgehead atoms. The predicted molar refractivity (Wildman–Crippen MR) is 76.1 cm³/mol. The van der Waals surface area contributed by atoms with Gasteiger partial charge in [-0.05, 0) is 34.1 Å². The predicted octanol–water partition coefficient (Wildman–Crippen LogP) is 2.11. The molecule has 6 heteroatoms. The number of hydrogen-bond donors (Lipinski definition) is 2. The number of anilines is 2. The maximum Gasteiger partial charge on any atom is 0.305 e. The van der Waals surface area contributed by atoms with Crippen LogP contribution in [0.1, 0.15) is 45.3 Å². The Morgan fingerprint density at radius 2 is 2.21 bits per heavy atom. The first-order valence-corrected chi connectivity index (χ1v) is 6.71. The summed E-state index contributed by atoms with van der Waals surface area (Å²) in [7, 11) is 0. The van der Waals surface area contributed by atoms with E-state index in [1.807, 2.05) is 11.6 Å². The zero-order chi connectivity index (χ0) is 14.4. The second-order valence-corrected chi connectivity index (χ2v) is 4.72. The number of nitrogen functional groups attached to an aromatic ring is 1. The number of nitrogens with one attached hydrogen (secondary N) is 1. The van der Waals surface area contributed by atoms with Gasteiger partial charge in [-0.3, -0.25) is 4.79 Å². The number of aryl methyl sites for hydroxylation is 1. The number of carbonyl (C=O) groups is 1. The highest BCUT2D eigenvalue weighted by molar-refractivity contribution is 5.69. The van der Waals surface area contributed by atoms with Gasteiger partial charge < -0.3 is 15.8 Å². The lowest BCUT2D eigenvalue weighted by molar-refractivity contribution is -0.143. The van der Waals surface area contributed by atoms with Crippen molar-refractivity contribution >= 4 is 17.5 Å². The molecule has 0 saturated heterocycles. The number of ether oxygens (including phenoxy) is 1. The number of esters is 1. The third-order valence-electron chi connectivity index (χ3n) is 2.78. The standard InChI is InChI=1S/C13H24N4O2/c1-5-19-11(18)7-6-8-15-13-12(14)10(4)16-17(13)9(2)3/h9,15H,5-8,14H2,1-4H3. The molecule has 19 heavy (non-hydrogen) atoms. The number of nitrogens with two attached hydrogens (primary N) is 1. The number of rotatable bonds is 7. The minimum absolute atomic E-state index is 0.161. The molecule has 0 aromatic carbocycles. The van der Waals surface area contributed by atoms with E-state index >= 15 is 0 Å². The minimum atomic E-state index is -0.161. The first kappa shape index (κ1) is 15.3. The summed E-state index contributed by atoms with van der Waals surface area (Å²) >= 11 is 0. The van der Waals surface area contributed by atoms with Crippen molar-refractivity contribution in [1.82, 2.24) is 9.78 Å². The Labute approximate surface area is 114 Å². The molecule has 0 saturated carbocycles. The molecule has 0 amide bonds. The van der Waals surface area contributed by atoms with Crippen LogP contribution in [0, 0.1) is 6.92 Å². The van der Waals surface area contributed by atoms with Crippen molar-refractivity contribution in [1.29, 1.82) is 0 Å². The van der Waals surface area contributed by atoms with Gasteiger partial charge in [-0.15, -0.1) is 0 Å². The van der Waals surface area contributed by atoms with Crippen LogP contribution in [0.3, 0.4) is 0 Å². The minimum Gasteiger partial charge on any atom is -0.466 e. The highest BCUT2D eigenvalue weighted by Gasteiger charge is 2.14. The lowest BCUT2D eigenvalue weighted by atomic mass is 10.3. The van der Waals surface area contributed by atoms with Crippen molar-refractivity contribution in [2.45, 2.75) is 46.6 Å². The zero-order valence-corrected chi connectivity index (χ0v) is 12.2. The number of nitrogens with zero attached hydrogens (tertiary/aromatic N) is 2. The highest BCUT2D eigenvalue weighted by Crippen LogP contribution is 2.25. The summed E-state index contributed by atoms with van der Waals surface area (Å²) in [5.74, 6) is 0.669. The van der Waals surface area contributed by atoms with Crippen molar-refractivity contribution in [2.75, 3.05) is 24.2 Å². The van der Waals surface area contributed by atoms with Gasteiger partial charge in [-0.1, -0.05) is 0 Å². The Morgan fingerprint density at radius 1 is 1.53 bits per heavy atom. The number of aromatic nitrogens is 2. The van der Waals surface area contributed by atoms with Gasteiger partial charge in [0.05, 0.1) is 18.0 Å². The summed E-state index contributed by atoms with van der Waals surface area (Å²) in [6.07, 6.45) is 1.12. The molecule has 6 nitrogen and oxygen atoms in total. The summed E-state index contributed by atoms with van der Waals surface area (Å²) < 4.78 is 6.75. The van der Waals surface area contributed by atoms with E-state index < -0.39 is 0 Å². The molecule has 1 heterocycles. The fourth-order valence-electron chi connectivity index (χ4n) is 1.78. The van der Waals surface area contributed by atoms with E-state index in [0.29, 0.717) is 31.7 Å². The summed E-state index contributed by atoms with van der Waals surface area (Å²) in [5, 5.41) is 7.64. The molecular weight excluding hydrogens is 244 g/mol. The Morgan fingerprint density at radius 3 is 2.79 bits per heavy atom. The summed E-state index contributed by atoms with van der Waals surface area (Å²) in [6.45, 7) is 8.89. The SMILES string of the molecule is CCOC(=O)CCCNc1c(N)c(C)nn1C(C)C. The Balaban J connectivity index is 2.51. The molecule has 0 unspecified atom stereocenters. The first-order valence-electron chi connectivity index (χ1n) is 6.71. The normalized spacial score (nSPS) is 10.8. The van der Waals surface area contributed by atoms with E-state index in [-0.39, 0.29) is 12.0 Å². The van der Waals surface area contributed by atoms with Gasteiger partial charge in [0.15, 0.2) is 0 Å². The van der Waals surface area contributed by atoms with Crippen molar-refractivity contribution < 1.29 is 9.53 Å². The lowest BCUT2D eigenvalue weighted by Gasteiger charge is -2.13. The van der Waals surface area contributed by atoms with E-state index in [0.717, 1.165) is 11.5 Å². The lowest BCUT2D eigenvalue weighted by Crippen LogP contribution is -2.13. The highest BCUT2D eigenvalue weighted by atomic mass is 16.5. The largest absolute Gasteiger partial charge is 0.466 e. The number of carbonyl (C=O) groups excluding carboxylic acids is 1. The van der Waals surface area contributed by atoms with E-state index in [1.54, 1.807) is 6.92 Å². The van der Waals surface area contributed by atoms with Gasteiger partial charge >= 0.3 is 5.97 Å². The van der Waals surface area contributed by atoms with Crippen LogP contribution in [-0.4, -0.2) is 28.9 Å². The van der Waals surface area contributed by atoms with Gasteiger partial charge in [-0.2, -0.15) is 5.10 Å². The Kier molecular flexibility index (Phi) is 5.66. The van der Waals surface area contributed by atoms with Crippen LogP contribution in [0.2, 0.25) is 0 Å². The summed E-state index contributed by atoms with van der Waals surface area (Å²) in [5.41, 5.74) is 7.49. The average molecular weight is 268 g/mol. The molecular formula is C13H24N4O2. The van der Waals surface area contributed by atoms with E-state index in [4.69, 9.17) is 10.5 Å². The van der Waals surface area contributed by atoms with Crippen LogP contribution in [-0.2, 0) is 9.53 Å². The van der Waals surface area contributed by atoms with Crippen LogP contribution < -0.4 is 11.1 Å². The Hall–Kier alpha value is -1.72. The topological polar surface area (TPSA) is 82.2 Å². The van der Waals surface area contributed by atoms with Crippen LogP contribution >= 0.6 is 0 Å². The van der Waals surface area contributed by atoms with E-state index in [9.17, 15) is 4.79 Å². The summed E-state index contributed by atoms with van der Waals surface area (Å²) in [4.78, 5) is 11.2. The van der Waals surface area contributed by atoms with Gasteiger partial charge in [0.25, 0.3) is 0 Å². The quantitative estimate of drug-likeness (QED) is 0.584. The fourth-order valence-corrected chi connectivity index (χ4v) is 1.78. The molecule has 108 valence electrons. The van der Waals surface area contributed by atoms with Gasteiger partial charge in [0.2, 0.25) is 0 Å². The molecule has 0 fully saturated rings. The number of hydrogen-bond acceptors (Lipinski definition) is 5. The molecule has 1 aromatic rings. The molecule has 3 N–H and O–H groups in total. The molecule has 1 aromatic heterocycles. The van der Waals surface area contributed by atoms with E-state index in [1.165, 1.54) is 0 Å². The van der Waals surface area contributed by atoms with Crippen molar-refractivity contribution in [3.05, 3.63) is 5.69 Å². The maximum atomic E-state index is 11.2. The second-order valence-electron chi connectivity index (χ2n) is 4.72. The second kappa shape index (κ2) is 7.01. The van der Waals surface area contributed by atoms with E-state index in [2.05, 4.69) is 24.3 Å². The Bertz CT molecular complexity index is 427. The summed E-state index contributed by atoms with van der Waals surface area (Å²) in [6, 6.07) is 0.239. The smallest absolute Gasteiger partial charge is 0.305 e. The van der Waals surface area contributed by atoms with Gasteiger partial charge in [0, 0.05) is 19.0 Å². The van der Waals surface area contributed by atoms with Crippen molar-refractivity contribution in [3.63, 3.8) is 0 Å². The monoisotopic (exact) mass is 268 g/mol. The molecule has 0 aliphatic rings. The fraction of sp³-hybridized carbons (Fsp3) is 0.692. The molecule has 0 radical (unpaired) electrons. The maximum absolute atomic E-state index is 11.2. The molecule has 0 atom stereocenters. The third kappa shape index (κ3) is 4.15. The zero-order valence-electron chi connectivity index (χ0n) is 12.2. The van der Waals surface area contributed by atoms with Crippen LogP contribution in [0.15, 0.2) is 0 Å². The van der Waals surface area contributed by atoms with Crippen LogP contribution in [0.25, 0.3) is 0 Å².